The van der Waals surface area contributed by atoms with Gasteiger partial charge in [-0.3, -0.25) is 4.79 Å². The summed E-state index contributed by atoms with van der Waals surface area (Å²) in [6, 6.07) is 10.1. The summed E-state index contributed by atoms with van der Waals surface area (Å²) in [6.45, 7) is 5.83. The minimum absolute atomic E-state index is 0.0923. The number of hydrogen-bond acceptors (Lipinski definition) is 3. The fourth-order valence-corrected chi connectivity index (χ4v) is 1.46. The number of rotatable bonds is 7. The summed E-state index contributed by atoms with van der Waals surface area (Å²) < 4.78 is 5.08. The molecular formula is C14H21NO2. The van der Waals surface area contributed by atoms with Crippen LogP contribution in [0.3, 0.4) is 0 Å². The zero-order valence-electron chi connectivity index (χ0n) is 10.6. The van der Waals surface area contributed by atoms with Crippen molar-refractivity contribution in [2.45, 2.75) is 26.8 Å². The Morgan fingerprint density at radius 2 is 2.06 bits per heavy atom. The van der Waals surface area contributed by atoms with Crippen molar-refractivity contribution in [2.24, 2.45) is 5.92 Å². The summed E-state index contributed by atoms with van der Waals surface area (Å²) in [4.78, 5) is 11.5. The summed E-state index contributed by atoms with van der Waals surface area (Å²) >= 11 is 0. The van der Waals surface area contributed by atoms with Crippen LogP contribution < -0.4 is 5.32 Å². The van der Waals surface area contributed by atoms with Gasteiger partial charge in [-0.1, -0.05) is 44.2 Å². The van der Waals surface area contributed by atoms with Crippen LogP contribution in [0.4, 0.5) is 0 Å². The number of benzene rings is 1. The molecule has 0 heterocycles. The lowest BCUT2D eigenvalue weighted by Crippen LogP contribution is -2.27. The molecule has 0 spiro atoms. The van der Waals surface area contributed by atoms with E-state index in [1.807, 2.05) is 32.0 Å². The highest BCUT2D eigenvalue weighted by molar-refractivity contribution is 5.72. The maximum atomic E-state index is 11.5. The Morgan fingerprint density at radius 1 is 1.35 bits per heavy atom. The molecular weight excluding hydrogens is 214 g/mol. The first-order valence-corrected chi connectivity index (χ1v) is 6.15. The molecule has 1 rings (SSSR count). The molecule has 1 atom stereocenters. The summed E-state index contributed by atoms with van der Waals surface area (Å²) in [7, 11) is 0. The molecule has 0 saturated heterocycles. The normalized spacial score (nSPS) is 12.1. The van der Waals surface area contributed by atoms with Crippen molar-refractivity contribution in [3.8, 4) is 0 Å². The van der Waals surface area contributed by atoms with E-state index < -0.39 is 0 Å². The van der Waals surface area contributed by atoms with Crippen molar-refractivity contribution in [2.75, 3.05) is 13.2 Å². The molecule has 1 N–H and O–H groups in total. The number of ether oxygens (including phenoxy) is 1. The Labute approximate surface area is 103 Å². The van der Waals surface area contributed by atoms with Gasteiger partial charge in [0.25, 0.3) is 0 Å². The van der Waals surface area contributed by atoms with Gasteiger partial charge in [-0.05, 0) is 12.0 Å². The van der Waals surface area contributed by atoms with E-state index in [2.05, 4.69) is 17.4 Å². The molecule has 17 heavy (non-hydrogen) atoms. The first-order chi connectivity index (χ1) is 8.24. The molecule has 1 aromatic carbocycles. The van der Waals surface area contributed by atoms with Crippen LogP contribution in [0.1, 0.15) is 25.8 Å². The quantitative estimate of drug-likeness (QED) is 0.737. The minimum atomic E-state index is -0.118. The second-order valence-electron chi connectivity index (χ2n) is 4.19. The van der Waals surface area contributed by atoms with Crippen LogP contribution >= 0.6 is 0 Å². The Bertz CT molecular complexity index is 324. The van der Waals surface area contributed by atoms with Crippen LogP contribution in [-0.4, -0.2) is 19.1 Å². The summed E-state index contributed by atoms with van der Waals surface area (Å²) in [6.07, 6.45) is 0.871. The van der Waals surface area contributed by atoms with Crippen molar-refractivity contribution >= 4 is 5.97 Å². The zero-order chi connectivity index (χ0) is 12.5. The maximum Gasteiger partial charge on any atom is 0.309 e. The van der Waals surface area contributed by atoms with Crippen LogP contribution in [0.5, 0.6) is 0 Å². The molecule has 0 amide bonds. The highest BCUT2D eigenvalue weighted by atomic mass is 16.5. The number of esters is 1. The van der Waals surface area contributed by atoms with E-state index in [1.165, 1.54) is 5.56 Å². The van der Waals surface area contributed by atoms with Gasteiger partial charge in [0.15, 0.2) is 0 Å². The molecule has 0 aliphatic carbocycles. The Hall–Kier alpha value is -1.35. The van der Waals surface area contributed by atoms with Crippen LogP contribution in [0.25, 0.3) is 0 Å². The van der Waals surface area contributed by atoms with Crippen LogP contribution in [0, 0.1) is 5.92 Å². The Balaban J connectivity index is 2.20. The third-order valence-electron chi connectivity index (χ3n) is 2.47. The molecule has 0 saturated carbocycles. The van der Waals surface area contributed by atoms with Gasteiger partial charge in [-0.25, -0.2) is 0 Å². The predicted octanol–water partition coefficient (Wildman–Crippen LogP) is 2.37. The third kappa shape index (κ3) is 5.50. The van der Waals surface area contributed by atoms with Crippen LogP contribution in [0.2, 0.25) is 0 Å². The summed E-state index contributed by atoms with van der Waals surface area (Å²) in [5, 5.41) is 3.26. The van der Waals surface area contributed by atoms with E-state index in [1.54, 1.807) is 0 Å². The number of carbonyl (C=O) groups is 1. The van der Waals surface area contributed by atoms with E-state index in [0.717, 1.165) is 13.0 Å². The van der Waals surface area contributed by atoms with Crippen LogP contribution in [-0.2, 0) is 16.1 Å². The van der Waals surface area contributed by atoms with Gasteiger partial charge in [-0.15, -0.1) is 0 Å². The third-order valence-corrected chi connectivity index (χ3v) is 2.47. The molecule has 0 fully saturated rings. The van der Waals surface area contributed by atoms with Gasteiger partial charge in [0, 0.05) is 13.1 Å². The molecule has 94 valence electrons. The highest BCUT2D eigenvalue weighted by Gasteiger charge is 2.13. The Kier molecular flexibility index (Phi) is 6.33. The molecule has 1 aromatic rings. The van der Waals surface area contributed by atoms with E-state index in [-0.39, 0.29) is 11.9 Å². The van der Waals surface area contributed by atoms with Gasteiger partial charge in [0.2, 0.25) is 0 Å². The molecule has 0 aromatic heterocycles. The first-order valence-electron chi connectivity index (χ1n) is 6.15. The molecule has 0 aliphatic heterocycles. The zero-order valence-corrected chi connectivity index (χ0v) is 10.6. The standard InChI is InChI=1S/C14H21NO2/c1-3-9-17-14(16)12(2)10-15-11-13-7-5-4-6-8-13/h4-8,12,15H,3,9-11H2,1-2H3. The van der Waals surface area contributed by atoms with Crippen molar-refractivity contribution in [3.63, 3.8) is 0 Å². The minimum Gasteiger partial charge on any atom is -0.465 e. The Morgan fingerprint density at radius 3 is 2.71 bits per heavy atom. The van der Waals surface area contributed by atoms with Crippen molar-refractivity contribution in [1.82, 2.24) is 5.32 Å². The van der Waals surface area contributed by atoms with E-state index in [0.29, 0.717) is 13.2 Å². The fraction of sp³-hybridized carbons (Fsp3) is 0.500. The molecule has 3 heteroatoms. The van der Waals surface area contributed by atoms with E-state index in [4.69, 9.17) is 4.74 Å². The van der Waals surface area contributed by atoms with Crippen LogP contribution in [0.15, 0.2) is 30.3 Å². The van der Waals surface area contributed by atoms with Crippen molar-refractivity contribution < 1.29 is 9.53 Å². The fourth-order valence-electron chi connectivity index (χ4n) is 1.46. The lowest BCUT2D eigenvalue weighted by atomic mass is 10.1. The number of carbonyl (C=O) groups excluding carboxylic acids is 1. The predicted molar refractivity (Wildman–Crippen MR) is 68.6 cm³/mol. The second-order valence-corrected chi connectivity index (χ2v) is 4.19. The van der Waals surface area contributed by atoms with Gasteiger partial charge < -0.3 is 10.1 Å². The van der Waals surface area contributed by atoms with Crippen molar-refractivity contribution in [1.29, 1.82) is 0 Å². The van der Waals surface area contributed by atoms with E-state index >= 15 is 0 Å². The monoisotopic (exact) mass is 235 g/mol. The van der Waals surface area contributed by atoms with E-state index in [9.17, 15) is 4.79 Å². The largest absolute Gasteiger partial charge is 0.465 e. The van der Waals surface area contributed by atoms with Gasteiger partial charge in [0.05, 0.1) is 12.5 Å². The molecule has 0 aliphatic rings. The lowest BCUT2D eigenvalue weighted by molar-refractivity contribution is -0.147. The van der Waals surface area contributed by atoms with Gasteiger partial charge >= 0.3 is 5.97 Å². The van der Waals surface area contributed by atoms with Gasteiger partial charge in [0.1, 0.15) is 0 Å². The average molecular weight is 235 g/mol. The summed E-state index contributed by atoms with van der Waals surface area (Å²) in [5.74, 6) is -0.210. The maximum absolute atomic E-state index is 11.5. The second kappa shape index (κ2) is 7.85. The molecule has 1 unspecified atom stereocenters. The highest BCUT2D eigenvalue weighted by Crippen LogP contribution is 2.00. The first kappa shape index (κ1) is 13.7. The summed E-state index contributed by atoms with van der Waals surface area (Å²) in [5.41, 5.74) is 1.22. The average Bonchev–Trinajstić information content (AvgIpc) is 2.37. The lowest BCUT2D eigenvalue weighted by Gasteiger charge is -2.12. The number of hydrogen-bond donors (Lipinski definition) is 1. The molecule has 0 bridgehead atoms. The SMILES string of the molecule is CCCOC(=O)C(C)CNCc1ccccc1. The van der Waals surface area contributed by atoms with Crippen molar-refractivity contribution in [3.05, 3.63) is 35.9 Å². The number of nitrogens with one attached hydrogen (secondary N) is 1. The van der Waals surface area contributed by atoms with Gasteiger partial charge in [-0.2, -0.15) is 0 Å². The molecule has 0 radical (unpaired) electrons. The molecule has 3 nitrogen and oxygen atoms in total. The topological polar surface area (TPSA) is 38.3 Å². The smallest absolute Gasteiger partial charge is 0.309 e.